The van der Waals surface area contributed by atoms with Gasteiger partial charge in [-0.25, -0.2) is 9.37 Å². The third kappa shape index (κ3) is 3.57. The smallest absolute Gasteiger partial charge is 0.294 e. The van der Waals surface area contributed by atoms with Crippen LogP contribution in [0.25, 0.3) is 0 Å². The lowest BCUT2D eigenvalue weighted by atomic mass is 10.2. The van der Waals surface area contributed by atoms with Crippen LogP contribution in [0.4, 0.5) is 15.8 Å². The topological polar surface area (TPSA) is 77.3 Å². The Bertz CT molecular complexity index is 664. The quantitative estimate of drug-likeness (QED) is 0.676. The molecule has 8 heteroatoms. The number of halogens is 2. The lowest BCUT2D eigenvalue weighted by Gasteiger charge is -2.08. The van der Waals surface area contributed by atoms with Gasteiger partial charge in [0.25, 0.3) is 5.69 Å². The zero-order chi connectivity index (χ0) is 15.4. The monoisotopic (exact) mass is 311 g/mol. The number of hydrogen-bond donors (Lipinski definition) is 1. The molecule has 2 aromatic rings. The third-order valence-corrected chi connectivity index (χ3v) is 3.01. The number of anilines is 1. The first kappa shape index (κ1) is 15.0. The predicted octanol–water partition coefficient (Wildman–Crippen LogP) is 3.40. The van der Waals surface area contributed by atoms with Crippen molar-refractivity contribution in [1.82, 2.24) is 4.98 Å². The van der Waals surface area contributed by atoms with Gasteiger partial charge in [0.1, 0.15) is 11.5 Å². The summed E-state index contributed by atoms with van der Waals surface area (Å²) < 4.78 is 18.4. The molecular weight excluding hydrogens is 301 g/mol. The number of rotatable bonds is 5. The standard InChI is InChI=1S/C13H11ClFN3O3/c1-21-13-3-2-8(7-17-13)6-16-11-5-10(15)9(14)4-12(11)18(19)20/h2-5,7,16H,6H2,1H3. The van der Waals surface area contributed by atoms with Crippen LogP contribution in [-0.4, -0.2) is 17.0 Å². The van der Waals surface area contributed by atoms with Crippen molar-refractivity contribution in [3.05, 3.63) is 57.0 Å². The zero-order valence-corrected chi connectivity index (χ0v) is 11.7. The molecule has 0 atom stereocenters. The first-order chi connectivity index (χ1) is 10.0. The van der Waals surface area contributed by atoms with E-state index in [1.165, 1.54) is 7.11 Å². The van der Waals surface area contributed by atoms with Crippen LogP contribution in [-0.2, 0) is 6.54 Å². The Morgan fingerprint density at radius 2 is 2.24 bits per heavy atom. The highest BCUT2D eigenvalue weighted by Gasteiger charge is 2.17. The number of methoxy groups -OCH3 is 1. The Hall–Kier alpha value is -2.41. The Morgan fingerprint density at radius 1 is 1.48 bits per heavy atom. The van der Waals surface area contributed by atoms with E-state index in [1.54, 1.807) is 18.3 Å². The van der Waals surface area contributed by atoms with Gasteiger partial charge in [0, 0.05) is 30.9 Å². The lowest BCUT2D eigenvalue weighted by Crippen LogP contribution is -2.04. The molecule has 0 radical (unpaired) electrons. The van der Waals surface area contributed by atoms with Gasteiger partial charge in [-0.2, -0.15) is 0 Å². The Kier molecular flexibility index (Phi) is 4.54. The summed E-state index contributed by atoms with van der Waals surface area (Å²) in [6.45, 7) is 0.249. The van der Waals surface area contributed by atoms with Crippen molar-refractivity contribution in [1.29, 1.82) is 0 Å². The maximum absolute atomic E-state index is 13.4. The fraction of sp³-hybridized carbons (Fsp3) is 0.154. The zero-order valence-electron chi connectivity index (χ0n) is 11.0. The van der Waals surface area contributed by atoms with E-state index in [1.807, 2.05) is 0 Å². The van der Waals surface area contributed by atoms with E-state index in [4.69, 9.17) is 16.3 Å². The molecule has 2 rings (SSSR count). The van der Waals surface area contributed by atoms with E-state index >= 15 is 0 Å². The highest BCUT2D eigenvalue weighted by molar-refractivity contribution is 6.31. The summed E-state index contributed by atoms with van der Waals surface area (Å²) in [5.41, 5.74) is 0.529. The normalized spacial score (nSPS) is 10.2. The van der Waals surface area contributed by atoms with Gasteiger partial charge in [-0.05, 0) is 5.56 Å². The minimum atomic E-state index is -0.724. The number of benzene rings is 1. The van der Waals surface area contributed by atoms with Gasteiger partial charge in [-0.3, -0.25) is 10.1 Å². The summed E-state index contributed by atoms with van der Waals surface area (Å²) in [4.78, 5) is 14.3. The van der Waals surface area contributed by atoms with Crippen LogP contribution >= 0.6 is 11.6 Å². The number of pyridine rings is 1. The maximum atomic E-state index is 13.4. The molecule has 0 spiro atoms. The summed E-state index contributed by atoms with van der Waals surface area (Å²) in [5.74, 6) is -0.264. The molecule has 1 aromatic heterocycles. The average Bonchev–Trinajstić information content (AvgIpc) is 2.48. The number of nitrogens with zero attached hydrogens (tertiary/aromatic N) is 2. The van der Waals surface area contributed by atoms with Crippen LogP contribution in [0.5, 0.6) is 5.88 Å². The highest BCUT2D eigenvalue weighted by Crippen LogP contribution is 2.30. The molecule has 0 bridgehead atoms. The SMILES string of the molecule is COc1ccc(CNc2cc(F)c(Cl)cc2[N+](=O)[O-])cn1. The first-order valence-electron chi connectivity index (χ1n) is 5.87. The van der Waals surface area contributed by atoms with Gasteiger partial charge >= 0.3 is 0 Å². The minimum absolute atomic E-state index is 0.0534. The number of nitrogens with one attached hydrogen (secondary N) is 1. The summed E-state index contributed by atoms with van der Waals surface area (Å²) in [6.07, 6.45) is 1.56. The van der Waals surface area contributed by atoms with E-state index in [0.29, 0.717) is 5.88 Å². The van der Waals surface area contributed by atoms with Crippen molar-refractivity contribution in [2.75, 3.05) is 12.4 Å². The molecule has 0 unspecified atom stereocenters. The second-order valence-electron chi connectivity index (χ2n) is 4.10. The van der Waals surface area contributed by atoms with Crippen molar-refractivity contribution in [3.8, 4) is 5.88 Å². The Balaban J connectivity index is 2.18. The summed E-state index contributed by atoms with van der Waals surface area (Å²) in [7, 11) is 1.50. The number of ether oxygens (including phenoxy) is 1. The molecule has 0 aliphatic heterocycles. The molecule has 1 aromatic carbocycles. The van der Waals surface area contributed by atoms with E-state index in [2.05, 4.69) is 10.3 Å². The fourth-order valence-corrected chi connectivity index (χ4v) is 1.82. The van der Waals surface area contributed by atoms with Crippen LogP contribution in [0, 0.1) is 15.9 Å². The third-order valence-electron chi connectivity index (χ3n) is 2.73. The summed E-state index contributed by atoms with van der Waals surface area (Å²) in [5, 5.41) is 13.4. The molecule has 1 N–H and O–H groups in total. The molecule has 1 heterocycles. The molecule has 0 saturated carbocycles. The van der Waals surface area contributed by atoms with Gasteiger partial charge in [-0.15, -0.1) is 0 Å². The number of nitro groups is 1. The van der Waals surface area contributed by atoms with Gasteiger partial charge in [-0.1, -0.05) is 17.7 Å². The van der Waals surface area contributed by atoms with Gasteiger partial charge in [0.15, 0.2) is 0 Å². The van der Waals surface area contributed by atoms with Crippen LogP contribution in [0.3, 0.4) is 0 Å². The van der Waals surface area contributed by atoms with Crippen molar-refractivity contribution in [2.24, 2.45) is 0 Å². The molecule has 21 heavy (non-hydrogen) atoms. The number of aromatic nitrogens is 1. The van der Waals surface area contributed by atoms with Crippen molar-refractivity contribution in [2.45, 2.75) is 6.54 Å². The highest BCUT2D eigenvalue weighted by atomic mass is 35.5. The first-order valence-corrected chi connectivity index (χ1v) is 6.25. The molecule has 0 aliphatic carbocycles. The van der Waals surface area contributed by atoms with E-state index in [0.717, 1.165) is 17.7 Å². The molecule has 6 nitrogen and oxygen atoms in total. The van der Waals surface area contributed by atoms with Gasteiger partial charge in [0.05, 0.1) is 17.1 Å². The van der Waals surface area contributed by atoms with Crippen LogP contribution < -0.4 is 10.1 Å². The lowest BCUT2D eigenvalue weighted by molar-refractivity contribution is -0.384. The van der Waals surface area contributed by atoms with Crippen LogP contribution in [0.1, 0.15) is 5.56 Å². The molecule has 0 saturated heterocycles. The van der Waals surface area contributed by atoms with Crippen molar-refractivity contribution < 1.29 is 14.1 Å². The van der Waals surface area contributed by atoms with Crippen molar-refractivity contribution >= 4 is 23.0 Å². The van der Waals surface area contributed by atoms with E-state index < -0.39 is 10.7 Å². The van der Waals surface area contributed by atoms with Crippen LogP contribution in [0.15, 0.2) is 30.5 Å². The largest absolute Gasteiger partial charge is 0.481 e. The van der Waals surface area contributed by atoms with E-state index in [9.17, 15) is 14.5 Å². The Labute approximate surface area is 124 Å². The second kappa shape index (κ2) is 6.36. The Morgan fingerprint density at radius 3 is 2.81 bits per heavy atom. The maximum Gasteiger partial charge on any atom is 0.294 e. The molecule has 0 amide bonds. The molecular formula is C13H11ClFN3O3. The number of hydrogen-bond acceptors (Lipinski definition) is 5. The van der Waals surface area contributed by atoms with Gasteiger partial charge < -0.3 is 10.1 Å². The molecule has 0 aliphatic rings. The van der Waals surface area contributed by atoms with Gasteiger partial charge in [0.2, 0.25) is 5.88 Å². The molecule has 0 fully saturated rings. The molecule has 110 valence electrons. The van der Waals surface area contributed by atoms with E-state index in [-0.39, 0.29) is 22.9 Å². The summed E-state index contributed by atoms with van der Waals surface area (Å²) >= 11 is 5.55. The summed E-state index contributed by atoms with van der Waals surface area (Å²) in [6, 6.07) is 5.38. The van der Waals surface area contributed by atoms with Crippen LogP contribution in [0.2, 0.25) is 5.02 Å². The minimum Gasteiger partial charge on any atom is -0.481 e. The second-order valence-corrected chi connectivity index (χ2v) is 4.51. The number of nitro benzene ring substituents is 1. The predicted molar refractivity (Wildman–Crippen MR) is 76.2 cm³/mol. The average molecular weight is 312 g/mol. The fourth-order valence-electron chi connectivity index (χ4n) is 1.66. The van der Waals surface area contributed by atoms with Crippen molar-refractivity contribution in [3.63, 3.8) is 0 Å².